The lowest BCUT2D eigenvalue weighted by Gasteiger charge is -2.18. The lowest BCUT2D eigenvalue weighted by molar-refractivity contribution is -0.145. The number of aryl methyl sites for hydroxylation is 7. The zero-order valence-corrected chi connectivity index (χ0v) is 22.6. The number of phenolic OH excluding ortho intramolecular Hbond substituents is 3. The summed E-state index contributed by atoms with van der Waals surface area (Å²) in [5, 5.41) is 30.2. The average Bonchev–Trinajstić information content (AvgIpc) is 2.86. The second-order valence-electron chi connectivity index (χ2n) is 9.95. The molecule has 0 bridgehead atoms. The molecule has 7 heteroatoms. The van der Waals surface area contributed by atoms with Gasteiger partial charge in [0.2, 0.25) is 17.7 Å². The maximum absolute atomic E-state index is 13.5. The molecule has 0 amide bonds. The van der Waals surface area contributed by atoms with Crippen LogP contribution in [0.15, 0.2) is 36.4 Å². The van der Waals surface area contributed by atoms with Crippen molar-refractivity contribution in [3.63, 3.8) is 0 Å². The quantitative estimate of drug-likeness (QED) is 0.190. The number of ether oxygens (including phenoxy) is 1. The van der Waals surface area contributed by atoms with Crippen molar-refractivity contribution >= 4 is 17.5 Å². The van der Waals surface area contributed by atoms with Gasteiger partial charge >= 0.3 is 5.97 Å². The number of carbonyl (C=O) groups is 3. The van der Waals surface area contributed by atoms with Gasteiger partial charge in [-0.25, -0.2) is 0 Å². The van der Waals surface area contributed by atoms with Gasteiger partial charge in [-0.3, -0.25) is 14.4 Å². The predicted octanol–water partition coefficient (Wildman–Crippen LogP) is 5.65. The summed E-state index contributed by atoms with van der Waals surface area (Å²) in [5.41, 5.74) is 4.58. The fourth-order valence-electron chi connectivity index (χ4n) is 4.54. The molecule has 0 saturated heterocycles. The van der Waals surface area contributed by atoms with Gasteiger partial charge in [0, 0.05) is 17.5 Å². The minimum atomic E-state index is -1.72. The number of aromatic hydroxyl groups is 3. The van der Waals surface area contributed by atoms with Crippen LogP contribution in [0.3, 0.4) is 0 Å². The summed E-state index contributed by atoms with van der Waals surface area (Å²) in [7, 11) is 0. The van der Waals surface area contributed by atoms with Gasteiger partial charge < -0.3 is 20.1 Å². The van der Waals surface area contributed by atoms with Crippen molar-refractivity contribution in [1.82, 2.24) is 0 Å². The third-order valence-corrected chi connectivity index (χ3v) is 6.67. The van der Waals surface area contributed by atoms with Gasteiger partial charge in [0.05, 0.1) is 0 Å². The molecule has 7 nitrogen and oxygen atoms in total. The molecule has 0 aliphatic rings. The highest BCUT2D eigenvalue weighted by Crippen LogP contribution is 2.28. The van der Waals surface area contributed by atoms with Gasteiger partial charge in [-0.2, -0.15) is 0 Å². The molecule has 0 aromatic heterocycles. The van der Waals surface area contributed by atoms with Crippen LogP contribution >= 0.6 is 0 Å². The maximum Gasteiger partial charge on any atom is 0.306 e. The normalized spacial score (nSPS) is 11.0. The Hall–Kier alpha value is -4.13. The molecule has 0 spiro atoms. The van der Waals surface area contributed by atoms with Crippen LogP contribution in [-0.4, -0.2) is 39.0 Å². The van der Waals surface area contributed by atoms with Gasteiger partial charge in [-0.05, 0) is 118 Å². The molecule has 0 unspecified atom stereocenters. The summed E-state index contributed by atoms with van der Waals surface area (Å²) in [6.45, 7) is 10.2. The zero-order valence-electron chi connectivity index (χ0n) is 22.6. The van der Waals surface area contributed by atoms with Crippen LogP contribution in [0.5, 0.6) is 17.2 Å². The number of carbonyl (C=O) groups excluding carboxylic acids is 3. The van der Waals surface area contributed by atoms with E-state index in [1.54, 1.807) is 41.5 Å². The highest BCUT2D eigenvalue weighted by atomic mass is 16.5. The standard InChI is InChI=1S/C31H34O7/c1-16-10-22(11-17(2)26(16)33)8-7-9-25(32)38-31(29(36)23-12-18(3)27(34)19(4)13-23)30(37)24-14-20(5)28(35)21(6)15-24/h10-15,31,33-35H,7-9H2,1-6H3. The Morgan fingerprint density at radius 2 is 0.974 bits per heavy atom. The van der Waals surface area contributed by atoms with E-state index in [1.807, 2.05) is 12.1 Å². The molecular formula is C31H34O7. The number of hydrogen-bond acceptors (Lipinski definition) is 7. The van der Waals surface area contributed by atoms with Crippen LogP contribution in [-0.2, 0) is 16.0 Å². The number of ketones is 2. The fraction of sp³-hybridized carbons (Fsp3) is 0.323. The summed E-state index contributed by atoms with van der Waals surface area (Å²) in [6, 6.07) is 9.55. The van der Waals surface area contributed by atoms with Gasteiger partial charge in [-0.15, -0.1) is 0 Å². The molecule has 3 aromatic carbocycles. The van der Waals surface area contributed by atoms with Gasteiger partial charge in [-0.1, -0.05) is 12.1 Å². The fourth-order valence-corrected chi connectivity index (χ4v) is 4.54. The Morgan fingerprint density at radius 3 is 1.34 bits per heavy atom. The lowest BCUT2D eigenvalue weighted by atomic mass is 9.94. The first-order valence-electron chi connectivity index (χ1n) is 12.5. The Balaban J connectivity index is 1.85. The van der Waals surface area contributed by atoms with E-state index in [-0.39, 0.29) is 34.8 Å². The Kier molecular flexibility index (Phi) is 8.61. The number of hydrogen-bond donors (Lipinski definition) is 3. The van der Waals surface area contributed by atoms with Gasteiger partial charge in [0.1, 0.15) is 17.2 Å². The number of esters is 1. The van der Waals surface area contributed by atoms with E-state index in [4.69, 9.17) is 4.74 Å². The van der Waals surface area contributed by atoms with Crippen molar-refractivity contribution < 1.29 is 34.4 Å². The monoisotopic (exact) mass is 518 g/mol. The molecule has 0 aliphatic carbocycles. The molecule has 3 aromatic rings. The smallest absolute Gasteiger partial charge is 0.306 e. The van der Waals surface area contributed by atoms with E-state index < -0.39 is 23.6 Å². The van der Waals surface area contributed by atoms with Crippen LogP contribution in [0.2, 0.25) is 0 Å². The molecule has 0 radical (unpaired) electrons. The molecular weight excluding hydrogens is 484 g/mol. The molecule has 38 heavy (non-hydrogen) atoms. The third kappa shape index (κ3) is 6.22. The summed E-state index contributed by atoms with van der Waals surface area (Å²) in [5.74, 6) is -1.74. The van der Waals surface area contributed by atoms with Crippen molar-refractivity contribution in [3.05, 3.63) is 86.5 Å². The third-order valence-electron chi connectivity index (χ3n) is 6.67. The van der Waals surface area contributed by atoms with Crippen molar-refractivity contribution in [2.75, 3.05) is 0 Å². The first-order valence-corrected chi connectivity index (χ1v) is 12.5. The van der Waals surface area contributed by atoms with Crippen LogP contribution < -0.4 is 0 Å². The predicted molar refractivity (Wildman–Crippen MR) is 144 cm³/mol. The number of benzene rings is 3. The van der Waals surface area contributed by atoms with E-state index in [1.165, 1.54) is 24.3 Å². The highest BCUT2D eigenvalue weighted by molar-refractivity contribution is 6.19. The molecule has 0 fully saturated rings. The van der Waals surface area contributed by atoms with E-state index in [0.29, 0.717) is 35.1 Å². The average molecular weight is 519 g/mol. The summed E-state index contributed by atoms with van der Waals surface area (Å²) >= 11 is 0. The first kappa shape index (κ1) is 28.4. The first-order chi connectivity index (χ1) is 17.8. The maximum atomic E-state index is 13.5. The largest absolute Gasteiger partial charge is 0.507 e. The summed E-state index contributed by atoms with van der Waals surface area (Å²) in [4.78, 5) is 39.8. The molecule has 0 atom stereocenters. The second kappa shape index (κ2) is 11.5. The summed E-state index contributed by atoms with van der Waals surface area (Å²) < 4.78 is 5.50. The molecule has 0 aliphatic heterocycles. The SMILES string of the molecule is Cc1cc(CCCC(=O)OC(C(=O)c2cc(C)c(O)c(C)c2)C(=O)c2cc(C)c(O)c(C)c2)cc(C)c1O. The van der Waals surface area contributed by atoms with Crippen molar-refractivity contribution in [2.45, 2.75) is 66.9 Å². The van der Waals surface area contributed by atoms with E-state index >= 15 is 0 Å². The van der Waals surface area contributed by atoms with Crippen LogP contribution in [0, 0.1) is 41.5 Å². The molecule has 0 heterocycles. The molecule has 200 valence electrons. The van der Waals surface area contributed by atoms with Crippen LogP contribution in [0.1, 0.15) is 72.5 Å². The van der Waals surface area contributed by atoms with Crippen molar-refractivity contribution in [1.29, 1.82) is 0 Å². The highest BCUT2D eigenvalue weighted by Gasteiger charge is 2.33. The minimum absolute atomic E-state index is 0.0166. The molecule has 3 N–H and O–H groups in total. The Labute approximate surface area is 222 Å². The summed E-state index contributed by atoms with van der Waals surface area (Å²) in [6.07, 6.45) is -0.757. The number of Topliss-reactive ketones (excluding diaryl/α,β-unsaturated/α-hetero) is 2. The Morgan fingerprint density at radius 1 is 0.632 bits per heavy atom. The van der Waals surface area contributed by atoms with E-state index in [2.05, 4.69) is 0 Å². The number of rotatable bonds is 9. The molecule has 0 saturated carbocycles. The Bertz CT molecular complexity index is 1280. The van der Waals surface area contributed by atoms with Gasteiger partial charge in [0.25, 0.3) is 0 Å². The number of phenols is 3. The van der Waals surface area contributed by atoms with E-state index in [9.17, 15) is 29.7 Å². The van der Waals surface area contributed by atoms with E-state index in [0.717, 1.165) is 16.7 Å². The topological polar surface area (TPSA) is 121 Å². The van der Waals surface area contributed by atoms with Crippen LogP contribution in [0.25, 0.3) is 0 Å². The van der Waals surface area contributed by atoms with Crippen molar-refractivity contribution in [2.24, 2.45) is 0 Å². The lowest BCUT2D eigenvalue weighted by Crippen LogP contribution is -2.35. The minimum Gasteiger partial charge on any atom is -0.507 e. The second-order valence-corrected chi connectivity index (χ2v) is 9.95. The zero-order chi connectivity index (χ0) is 28.3. The van der Waals surface area contributed by atoms with Crippen LogP contribution in [0.4, 0.5) is 0 Å². The molecule has 3 rings (SSSR count). The van der Waals surface area contributed by atoms with Crippen molar-refractivity contribution in [3.8, 4) is 17.2 Å². The van der Waals surface area contributed by atoms with Gasteiger partial charge in [0.15, 0.2) is 0 Å².